The number of hydrogen-bond donors (Lipinski definition) is 1. The van der Waals surface area contributed by atoms with Gasteiger partial charge in [0.1, 0.15) is 5.75 Å². The summed E-state index contributed by atoms with van der Waals surface area (Å²) in [6.45, 7) is 4.57. The van der Waals surface area contributed by atoms with Crippen LogP contribution in [0.1, 0.15) is 49.4 Å². The van der Waals surface area contributed by atoms with Crippen LogP contribution in [0, 0.1) is 0 Å². The molecule has 1 saturated heterocycles. The number of rotatable bonds is 8. The van der Waals surface area contributed by atoms with Gasteiger partial charge in [-0.1, -0.05) is 0 Å². The highest BCUT2D eigenvalue weighted by atomic mass is 16.5. The van der Waals surface area contributed by atoms with Crippen molar-refractivity contribution in [2.45, 2.75) is 51.1 Å². The zero-order valence-electron chi connectivity index (χ0n) is 14.3. The monoisotopic (exact) mass is 330 g/mol. The summed E-state index contributed by atoms with van der Waals surface area (Å²) in [6, 6.07) is 8.11. The van der Waals surface area contributed by atoms with E-state index in [1.165, 1.54) is 12.8 Å². The third-order valence-electron chi connectivity index (χ3n) is 4.71. The van der Waals surface area contributed by atoms with Crippen molar-refractivity contribution < 1.29 is 14.3 Å². The highest BCUT2D eigenvalue weighted by molar-refractivity contribution is 5.98. The summed E-state index contributed by atoms with van der Waals surface area (Å²) in [5.74, 6) is 0.740. The normalized spacial score (nSPS) is 20.8. The van der Waals surface area contributed by atoms with Crippen molar-refractivity contribution in [3.8, 4) is 5.75 Å². The number of amides is 1. The van der Waals surface area contributed by atoms with Gasteiger partial charge in [-0.2, -0.15) is 0 Å². The van der Waals surface area contributed by atoms with Gasteiger partial charge in [-0.3, -0.25) is 14.5 Å². The average Bonchev–Trinajstić information content (AvgIpc) is 3.34. The Morgan fingerprint density at radius 2 is 1.92 bits per heavy atom. The van der Waals surface area contributed by atoms with E-state index in [4.69, 9.17) is 4.74 Å². The zero-order chi connectivity index (χ0) is 16.9. The number of nitrogens with one attached hydrogen (secondary N) is 1. The van der Waals surface area contributed by atoms with Gasteiger partial charge in [0.05, 0.1) is 6.61 Å². The third kappa shape index (κ3) is 4.57. The first kappa shape index (κ1) is 17.0. The Morgan fingerprint density at radius 1 is 1.17 bits per heavy atom. The number of Topliss-reactive ketones (excluding diaryl/α,β-unsaturated/α-hetero) is 1. The summed E-state index contributed by atoms with van der Waals surface area (Å²) in [5, 5.41) is 3.07. The first-order valence-corrected chi connectivity index (χ1v) is 8.95. The van der Waals surface area contributed by atoms with Crippen molar-refractivity contribution in [1.29, 1.82) is 0 Å². The maximum atomic E-state index is 12.2. The van der Waals surface area contributed by atoms with E-state index in [1.807, 2.05) is 6.92 Å². The highest BCUT2D eigenvalue weighted by Gasteiger charge is 2.34. The molecule has 1 aliphatic carbocycles. The minimum atomic E-state index is -0.0167. The summed E-state index contributed by atoms with van der Waals surface area (Å²) in [7, 11) is 0. The van der Waals surface area contributed by atoms with Gasteiger partial charge in [0.2, 0.25) is 5.91 Å². The number of ether oxygens (including phenoxy) is 1. The number of carbonyl (C=O) groups is 2. The van der Waals surface area contributed by atoms with Crippen molar-refractivity contribution >= 4 is 11.7 Å². The number of benzene rings is 1. The van der Waals surface area contributed by atoms with Gasteiger partial charge in [-0.15, -0.1) is 0 Å². The predicted octanol–water partition coefficient (Wildman–Crippen LogP) is 2.40. The third-order valence-corrected chi connectivity index (χ3v) is 4.71. The van der Waals surface area contributed by atoms with Crippen molar-refractivity contribution in [2.75, 3.05) is 19.7 Å². The van der Waals surface area contributed by atoms with E-state index in [-0.39, 0.29) is 30.6 Å². The Kier molecular flexibility index (Phi) is 5.51. The number of ketones is 1. The van der Waals surface area contributed by atoms with Crippen LogP contribution in [0.3, 0.4) is 0 Å². The number of carbonyl (C=O) groups excluding carboxylic acids is 2. The Hall–Kier alpha value is -1.88. The topological polar surface area (TPSA) is 58.6 Å². The molecule has 5 nitrogen and oxygen atoms in total. The zero-order valence-corrected chi connectivity index (χ0v) is 14.3. The van der Waals surface area contributed by atoms with E-state index < -0.39 is 0 Å². The van der Waals surface area contributed by atoms with E-state index in [0.717, 1.165) is 31.3 Å². The SMILES string of the molecule is CCOc1ccc(C(=O)CCC(=O)N[C@H]2CCN(C3CC3)C2)cc1. The second-order valence-electron chi connectivity index (χ2n) is 6.66. The number of likely N-dealkylation sites (tertiary alicyclic amines) is 1. The van der Waals surface area contributed by atoms with Gasteiger partial charge >= 0.3 is 0 Å². The summed E-state index contributed by atoms with van der Waals surface area (Å²) < 4.78 is 5.36. The standard InChI is InChI=1S/C19H26N2O3/c1-2-24-17-7-3-14(4-8-17)18(22)9-10-19(23)20-15-11-12-21(13-15)16-5-6-16/h3-4,7-8,15-16H,2,5-6,9-13H2,1H3,(H,20,23)/t15-/m0/s1. The molecule has 1 amide bonds. The molecule has 130 valence electrons. The van der Waals surface area contributed by atoms with E-state index in [1.54, 1.807) is 24.3 Å². The average molecular weight is 330 g/mol. The molecular formula is C19H26N2O3. The summed E-state index contributed by atoms with van der Waals surface area (Å²) in [6.07, 6.45) is 4.13. The molecule has 1 saturated carbocycles. The van der Waals surface area contributed by atoms with Gasteiger partial charge in [0, 0.05) is 43.6 Å². The van der Waals surface area contributed by atoms with Crippen LogP contribution in [0.5, 0.6) is 5.75 Å². The smallest absolute Gasteiger partial charge is 0.220 e. The lowest BCUT2D eigenvalue weighted by atomic mass is 10.1. The lowest BCUT2D eigenvalue weighted by Gasteiger charge is -2.15. The fraction of sp³-hybridized carbons (Fsp3) is 0.579. The van der Waals surface area contributed by atoms with Crippen LogP contribution in [0.2, 0.25) is 0 Å². The summed E-state index contributed by atoms with van der Waals surface area (Å²) in [4.78, 5) is 26.7. The van der Waals surface area contributed by atoms with E-state index >= 15 is 0 Å². The Bertz CT molecular complexity index is 581. The molecule has 1 aromatic carbocycles. The molecule has 5 heteroatoms. The van der Waals surface area contributed by atoms with Crippen molar-refractivity contribution in [1.82, 2.24) is 10.2 Å². The summed E-state index contributed by atoms with van der Waals surface area (Å²) in [5.41, 5.74) is 0.632. The number of nitrogens with zero attached hydrogens (tertiary/aromatic N) is 1. The Labute approximate surface area is 143 Å². The maximum Gasteiger partial charge on any atom is 0.220 e. The molecule has 2 aliphatic rings. The fourth-order valence-electron chi connectivity index (χ4n) is 3.25. The fourth-order valence-corrected chi connectivity index (χ4v) is 3.25. The van der Waals surface area contributed by atoms with Crippen LogP contribution >= 0.6 is 0 Å². The maximum absolute atomic E-state index is 12.2. The predicted molar refractivity (Wildman–Crippen MR) is 92.3 cm³/mol. The minimum Gasteiger partial charge on any atom is -0.494 e. The molecule has 1 heterocycles. The first-order chi connectivity index (χ1) is 11.7. The lowest BCUT2D eigenvalue weighted by Crippen LogP contribution is -2.37. The van der Waals surface area contributed by atoms with E-state index in [0.29, 0.717) is 12.2 Å². The van der Waals surface area contributed by atoms with Crippen LogP contribution < -0.4 is 10.1 Å². The molecule has 0 radical (unpaired) electrons. The molecule has 0 unspecified atom stereocenters. The molecule has 24 heavy (non-hydrogen) atoms. The van der Waals surface area contributed by atoms with Crippen LogP contribution in [0.4, 0.5) is 0 Å². The van der Waals surface area contributed by atoms with Crippen LogP contribution in [-0.4, -0.2) is 48.4 Å². The highest BCUT2D eigenvalue weighted by Crippen LogP contribution is 2.29. The van der Waals surface area contributed by atoms with Crippen molar-refractivity contribution in [2.24, 2.45) is 0 Å². The molecule has 1 N–H and O–H groups in total. The minimum absolute atomic E-state index is 0.000715. The molecule has 2 fully saturated rings. The second kappa shape index (κ2) is 7.79. The van der Waals surface area contributed by atoms with E-state index in [2.05, 4.69) is 10.2 Å². The van der Waals surface area contributed by atoms with Crippen LogP contribution in [0.15, 0.2) is 24.3 Å². The van der Waals surface area contributed by atoms with Crippen molar-refractivity contribution in [3.63, 3.8) is 0 Å². The number of hydrogen-bond acceptors (Lipinski definition) is 4. The van der Waals surface area contributed by atoms with Crippen LogP contribution in [0.25, 0.3) is 0 Å². The first-order valence-electron chi connectivity index (χ1n) is 8.95. The molecule has 3 rings (SSSR count). The molecular weight excluding hydrogens is 304 g/mol. The van der Waals surface area contributed by atoms with Gasteiger partial charge in [0.25, 0.3) is 0 Å². The van der Waals surface area contributed by atoms with Gasteiger partial charge in [-0.25, -0.2) is 0 Å². The molecule has 1 aromatic rings. The van der Waals surface area contributed by atoms with Crippen LogP contribution in [-0.2, 0) is 4.79 Å². The van der Waals surface area contributed by atoms with Gasteiger partial charge < -0.3 is 10.1 Å². The largest absolute Gasteiger partial charge is 0.494 e. The molecule has 1 aliphatic heterocycles. The molecule has 1 atom stereocenters. The summed E-state index contributed by atoms with van der Waals surface area (Å²) >= 11 is 0. The molecule has 0 spiro atoms. The lowest BCUT2D eigenvalue weighted by molar-refractivity contribution is -0.121. The Balaban J connectivity index is 1.39. The quantitative estimate of drug-likeness (QED) is 0.744. The van der Waals surface area contributed by atoms with Gasteiger partial charge in [0.15, 0.2) is 5.78 Å². The molecule has 0 aromatic heterocycles. The van der Waals surface area contributed by atoms with Crippen molar-refractivity contribution in [3.05, 3.63) is 29.8 Å². The molecule has 0 bridgehead atoms. The Morgan fingerprint density at radius 3 is 2.58 bits per heavy atom. The second-order valence-corrected chi connectivity index (χ2v) is 6.66. The van der Waals surface area contributed by atoms with Gasteiger partial charge in [-0.05, 0) is 50.5 Å². The van der Waals surface area contributed by atoms with E-state index in [9.17, 15) is 9.59 Å².